The number of fused-ring (bicyclic) bond motifs is 1. The first kappa shape index (κ1) is 21.9. The Morgan fingerprint density at radius 2 is 2.00 bits per heavy atom. The second kappa shape index (κ2) is 8.76. The van der Waals surface area contributed by atoms with Crippen LogP contribution in [0.5, 0.6) is 11.5 Å². The summed E-state index contributed by atoms with van der Waals surface area (Å²) in [5.74, 6) is 7.05. The van der Waals surface area contributed by atoms with E-state index < -0.39 is 10.0 Å². The van der Waals surface area contributed by atoms with E-state index in [1.807, 2.05) is 12.3 Å². The van der Waals surface area contributed by atoms with Gasteiger partial charge in [-0.25, -0.2) is 8.42 Å². The molecule has 1 saturated carbocycles. The molecule has 0 unspecified atom stereocenters. The Morgan fingerprint density at radius 3 is 2.71 bits per heavy atom. The molecule has 0 spiro atoms. The maximum Gasteiger partial charge on any atom is 0.268 e. The van der Waals surface area contributed by atoms with E-state index in [1.54, 1.807) is 41.2 Å². The second-order valence-electron chi connectivity index (χ2n) is 7.89. The Kier molecular flexibility index (Phi) is 5.63. The van der Waals surface area contributed by atoms with Crippen LogP contribution in [0.2, 0.25) is 0 Å². The van der Waals surface area contributed by atoms with Crippen LogP contribution < -0.4 is 14.2 Å². The van der Waals surface area contributed by atoms with Crippen LogP contribution >= 0.6 is 0 Å². The molecule has 4 aromatic rings. The number of hydrogen-bond acceptors (Lipinski definition) is 7. The Bertz CT molecular complexity index is 1510. The van der Waals surface area contributed by atoms with Crippen molar-refractivity contribution >= 4 is 26.8 Å². The second-order valence-corrected chi connectivity index (χ2v) is 9.51. The molecule has 2 heterocycles. The van der Waals surface area contributed by atoms with E-state index in [2.05, 4.69) is 26.8 Å². The molecule has 0 saturated heterocycles. The van der Waals surface area contributed by atoms with Crippen molar-refractivity contribution in [1.29, 1.82) is 0 Å². The summed E-state index contributed by atoms with van der Waals surface area (Å²) < 4.78 is 47.6. The topological polar surface area (TPSA) is 108 Å². The summed E-state index contributed by atoms with van der Waals surface area (Å²) in [6.07, 6.45) is 5.60. The number of sulfonamides is 1. The van der Waals surface area contributed by atoms with E-state index >= 15 is 0 Å². The maximum absolute atomic E-state index is 13.5. The van der Waals surface area contributed by atoms with Crippen molar-refractivity contribution in [1.82, 2.24) is 14.9 Å². The van der Waals surface area contributed by atoms with Gasteiger partial charge in [0.25, 0.3) is 10.0 Å². The fourth-order valence-corrected chi connectivity index (χ4v) is 4.95. The minimum atomic E-state index is -4.12. The number of rotatable bonds is 7. The first-order valence-electron chi connectivity index (χ1n) is 10.6. The summed E-state index contributed by atoms with van der Waals surface area (Å²) in [4.78, 5) is -0.0453. The predicted octanol–water partition coefficient (Wildman–Crippen LogP) is 3.65. The van der Waals surface area contributed by atoms with Crippen molar-refractivity contribution < 1.29 is 22.4 Å². The van der Waals surface area contributed by atoms with Gasteiger partial charge in [-0.15, -0.1) is 0 Å². The highest BCUT2D eigenvalue weighted by molar-refractivity contribution is 7.93. The van der Waals surface area contributed by atoms with Crippen LogP contribution in [-0.2, 0) is 16.6 Å². The standard InChI is InChI=1S/C24H22N4O5S/c1-31-19-6-3-5-18(10-9-16-7-8-16)23(19)34(29,30)27-24-22-20(32-2)13-17(14-21(22)33-26-24)15-28-12-4-11-25-28/h3-6,11-14,16H,7-8,15H2,1-2H3,(H,26,27). The molecule has 5 rings (SSSR count). The van der Waals surface area contributed by atoms with Crippen LogP contribution in [0.1, 0.15) is 24.0 Å². The van der Waals surface area contributed by atoms with Gasteiger partial charge in [0.1, 0.15) is 21.8 Å². The van der Waals surface area contributed by atoms with Crippen molar-refractivity contribution in [2.45, 2.75) is 24.3 Å². The average Bonchev–Trinajstić information content (AvgIpc) is 3.37. The normalized spacial score (nSPS) is 13.4. The minimum Gasteiger partial charge on any atom is -0.496 e. The van der Waals surface area contributed by atoms with E-state index in [9.17, 15) is 8.42 Å². The van der Waals surface area contributed by atoms with E-state index in [4.69, 9.17) is 14.0 Å². The molecule has 1 N–H and O–H groups in total. The molecule has 0 aliphatic heterocycles. The molecule has 0 radical (unpaired) electrons. The van der Waals surface area contributed by atoms with E-state index in [0.717, 1.165) is 18.4 Å². The zero-order valence-electron chi connectivity index (χ0n) is 18.6. The third-order valence-corrected chi connectivity index (χ3v) is 6.83. The zero-order valence-corrected chi connectivity index (χ0v) is 19.4. The van der Waals surface area contributed by atoms with Crippen LogP contribution in [0, 0.1) is 17.8 Å². The van der Waals surface area contributed by atoms with Gasteiger partial charge in [-0.05, 0) is 48.7 Å². The summed E-state index contributed by atoms with van der Waals surface area (Å²) >= 11 is 0. The number of benzene rings is 2. The van der Waals surface area contributed by atoms with Gasteiger partial charge in [0, 0.05) is 23.9 Å². The SMILES string of the molecule is COc1cccc(C#CC2CC2)c1S(=O)(=O)Nc1noc2cc(Cn3cccn3)cc(OC)c12. The largest absolute Gasteiger partial charge is 0.496 e. The van der Waals surface area contributed by atoms with Gasteiger partial charge in [0.15, 0.2) is 11.4 Å². The smallest absolute Gasteiger partial charge is 0.268 e. The minimum absolute atomic E-state index is 0.0181. The first-order valence-corrected chi connectivity index (χ1v) is 12.1. The molecule has 1 aliphatic carbocycles. The Labute approximate surface area is 196 Å². The van der Waals surface area contributed by atoms with Gasteiger partial charge in [0.2, 0.25) is 0 Å². The molecule has 10 heteroatoms. The van der Waals surface area contributed by atoms with Crippen LogP contribution in [0.25, 0.3) is 11.0 Å². The molecule has 2 aromatic heterocycles. The zero-order chi connectivity index (χ0) is 23.7. The third-order valence-electron chi connectivity index (χ3n) is 5.41. The molecule has 2 aromatic carbocycles. The molecule has 174 valence electrons. The fourth-order valence-electron chi connectivity index (χ4n) is 3.63. The van der Waals surface area contributed by atoms with Crippen LogP contribution in [0.3, 0.4) is 0 Å². The Hall–Kier alpha value is -3.97. The van der Waals surface area contributed by atoms with Crippen molar-refractivity contribution in [3.63, 3.8) is 0 Å². The highest BCUT2D eigenvalue weighted by atomic mass is 32.2. The summed E-state index contributed by atoms with van der Waals surface area (Å²) in [7, 11) is -1.20. The maximum atomic E-state index is 13.5. The van der Waals surface area contributed by atoms with Crippen molar-refractivity contribution in [2.75, 3.05) is 18.9 Å². The number of hydrogen-bond donors (Lipinski definition) is 1. The van der Waals surface area contributed by atoms with Crippen molar-refractivity contribution in [2.24, 2.45) is 5.92 Å². The third kappa shape index (κ3) is 4.30. The van der Waals surface area contributed by atoms with Gasteiger partial charge >= 0.3 is 0 Å². The van der Waals surface area contributed by atoms with Gasteiger partial charge < -0.3 is 14.0 Å². The molecular weight excluding hydrogens is 456 g/mol. The molecular formula is C24H22N4O5S. The summed E-state index contributed by atoms with van der Waals surface area (Å²) in [5, 5.41) is 8.59. The lowest BCUT2D eigenvalue weighted by Crippen LogP contribution is -2.16. The van der Waals surface area contributed by atoms with Crippen molar-refractivity contribution in [3.05, 3.63) is 59.9 Å². The molecule has 0 atom stereocenters. The van der Waals surface area contributed by atoms with Crippen molar-refractivity contribution in [3.8, 4) is 23.3 Å². The number of methoxy groups -OCH3 is 2. The van der Waals surface area contributed by atoms with Crippen LogP contribution in [-0.4, -0.2) is 37.6 Å². The molecule has 0 amide bonds. The summed E-state index contributed by atoms with van der Waals surface area (Å²) in [6, 6.07) is 10.4. The van der Waals surface area contributed by atoms with E-state index in [1.165, 1.54) is 14.2 Å². The van der Waals surface area contributed by atoms with Crippen LogP contribution in [0.15, 0.2) is 58.2 Å². The molecule has 1 aliphatic rings. The monoisotopic (exact) mass is 478 g/mol. The lowest BCUT2D eigenvalue weighted by molar-refractivity contribution is 0.402. The lowest BCUT2D eigenvalue weighted by Gasteiger charge is -2.13. The Balaban J connectivity index is 1.54. The van der Waals surface area contributed by atoms with Gasteiger partial charge in [-0.3, -0.25) is 9.40 Å². The number of ether oxygens (including phenoxy) is 2. The number of aromatic nitrogens is 3. The molecule has 1 fully saturated rings. The average molecular weight is 479 g/mol. The highest BCUT2D eigenvalue weighted by Gasteiger charge is 2.27. The number of anilines is 1. The molecule has 9 nitrogen and oxygen atoms in total. The fraction of sp³-hybridized carbons (Fsp3) is 0.250. The van der Waals surface area contributed by atoms with Gasteiger partial charge in [0.05, 0.1) is 20.8 Å². The Morgan fingerprint density at radius 1 is 1.18 bits per heavy atom. The summed E-state index contributed by atoms with van der Waals surface area (Å²) in [5.41, 5.74) is 1.61. The van der Waals surface area contributed by atoms with E-state index in [-0.39, 0.29) is 16.5 Å². The number of nitrogens with one attached hydrogen (secondary N) is 1. The quantitative estimate of drug-likeness (QED) is 0.404. The van der Waals surface area contributed by atoms with Gasteiger partial charge in [-0.1, -0.05) is 23.1 Å². The van der Waals surface area contributed by atoms with Crippen LogP contribution in [0.4, 0.5) is 5.82 Å². The highest BCUT2D eigenvalue weighted by Crippen LogP contribution is 2.36. The lowest BCUT2D eigenvalue weighted by atomic mass is 10.1. The van der Waals surface area contributed by atoms with Gasteiger partial charge in [-0.2, -0.15) is 5.10 Å². The summed E-state index contributed by atoms with van der Waals surface area (Å²) in [6.45, 7) is 0.491. The molecule has 0 bridgehead atoms. The molecule has 34 heavy (non-hydrogen) atoms. The number of nitrogens with zero attached hydrogens (tertiary/aromatic N) is 3. The van der Waals surface area contributed by atoms with E-state index in [0.29, 0.717) is 34.7 Å². The predicted molar refractivity (Wildman–Crippen MR) is 125 cm³/mol. The first-order chi connectivity index (χ1) is 16.5.